The number of thiophene rings is 1. The number of esters is 1. The van der Waals surface area contributed by atoms with Crippen LogP contribution in [0.2, 0.25) is 0 Å². The van der Waals surface area contributed by atoms with Crippen LogP contribution in [0, 0.1) is 6.92 Å². The van der Waals surface area contributed by atoms with Crippen LogP contribution in [0.25, 0.3) is 0 Å². The van der Waals surface area contributed by atoms with E-state index < -0.39 is 11.9 Å². The van der Waals surface area contributed by atoms with Gasteiger partial charge in [-0.15, -0.1) is 11.3 Å². The Hall–Kier alpha value is -2.87. The van der Waals surface area contributed by atoms with Crippen LogP contribution in [0.15, 0.2) is 24.3 Å². The Morgan fingerprint density at radius 1 is 1.13 bits per heavy atom. The summed E-state index contributed by atoms with van der Waals surface area (Å²) >= 11 is 1.09. The summed E-state index contributed by atoms with van der Waals surface area (Å²) in [6.45, 7) is 12.3. The summed E-state index contributed by atoms with van der Waals surface area (Å²) in [5.74, 6) is -0.566. The highest BCUT2D eigenvalue weighted by Crippen LogP contribution is 2.35. The average Bonchev–Trinajstić information content (AvgIpc) is 3.04. The van der Waals surface area contributed by atoms with E-state index in [0.29, 0.717) is 39.8 Å². The first-order valence-electron chi connectivity index (χ1n) is 10.4. The van der Waals surface area contributed by atoms with Gasteiger partial charge in [0.1, 0.15) is 10.8 Å². The summed E-state index contributed by atoms with van der Waals surface area (Å²) in [5.41, 5.74) is 1.11. The van der Waals surface area contributed by atoms with Crippen molar-refractivity contribution in [3.8, 4) is 5.75 Å². The third kappa shape index (κ3) is 5.85. The number of hydrogen-bond acceptors (Lipinski definition) is 6. The lowest BCUT2D eigenvalue weighted by Crippen LogP contribution is -2.30. The van der Waals surface area contributed by atoms with Crippen LogP contribution in [0.4, 0.5) is 5.00 Å². The van der Waals surface area contributed by atoms with E-state index in [-0.39, 0.29) is 24.2 Å². The maximum atomic E-state index is 12.9. The molecule has 0 unspecified atom stereocenters. The van der Waals surface area contributed by atoms with Gasteiger partial charge in [0, 0.05) is 18.7 Å². The molecule has 8 heteroatoms. The van der Waals surface area contributed by atoms with E-state index in [0.717, 1.165) is 11.3 Å². The second kappa shape index (κ2) is 10.9. The van der Waals surface area contributed by atoms with Gasteiger partial charge in [0.2, 0.25) is 0 Å². The Labute approximate surface area is 187 Å². The number of nitrogens with zero attached hydrogens (tertiary/aromatic N) is 1. The fourth-order valence-corrected chi connectivity index (χ4v) is 4.23. The number of anilines is 1. The first kappa shape index (κ1) is 24.4. The van der Waals surface area contributed by atoms with Crippen LogP contribution in [-0.4, -0.2) is 48.5 Å². The SMILES string of the molecule is CCOC(=O)c1c(NC(=O)c2cccc(OC(C)C)c2)sc(C(=O)N(CC)CC)c1C. The molecule has 168 valence electrons. The molecule has 2 rings (SSSR count). The summed E-state index contributed by atoms with van der Waals surface area (Å²) in [4.78, 5) is 40.5. The van der Waals surface area contributed by atoms with Crippen molar-refractivity contribution in [2.24, 2.45) is 0 Å². The number of carbonyl (C=O) groups is 3. The van der Waals surface area contributed by atoms with Gasteiger partial charge in [-0.05, 0) is 65.3 Å². The maximum absolute atomic E-state index is 12.9. The van der Waals surface area contributed by atoms with Gasteiger partial charge in [-0.1, -0.05) is 6.07 Å². The fraction of sp³-hybridized carbons (Fsp3) is 0.435. The zero-order chi connectivity index (χ0) is 23.1. The molecular formula is C23H30N2O5S. The highest BCUT2D eigenvalue weighted by Gasteiger charge is 2.28. The molecule has 0 radical (unpaired) electrons. The molecule has 1 heterocycles. The van der Waals surface area contributed by atoms with Crippen molar-refractivity contribution in [2.75, 3.05) is 25.0 Å². The highest BCUT2D eigenvalue weighted by molar-refractivity contribution is 7.18. The Kier molecular flexibility index (Phi) is 8.62. The molecule has 0 atom stereocenters. The van der Waals surface area contributed by atoms with Crippen molar-refractivity contribution in [1.82, 2.24) is 4.90 Å². The lowest BCUT2D eigenvalue weighted by atomic mass is 10.1. The van der Waals surface area contributed by atoms with Crippen molar-refractivity contribution in [3.63, 3.8) is 0 Å². The maximum Gasteiger partial charge on any atom is 0.341 e. The molecule has 0 aliphatic carbocycles. The molecule has 1 aromatic carbocycles. The largest absolute Gasteiger partial charge is 0.491 e. The summed E-state index contributed by atoms with van der Waals surface area (Å²) < 4.78 is 10.8. The van der Waals surface area contributed by atoms with Gasteiger partial charge >= 0.3 is 5.97 Å². The molecule has 7 nitrogen and oxygen atoms in total. The Morgan fingerprint density at radius 3 is 2.39 bits per heavy atom. The Morgan fingerprint density at radius 2 is 1.81 bits per heavy atom. The van der Waals surface area contributed by atoms with Crippen LogP contribution in [0.3, 0.4) is 0 Å². The average molecular weight is 447 g/mol. The number of hydrogen-bond donors (Lipinski definition) is 1. The number of carbonyl (C=O) groups excluding carboxylic acids is 3. The van der Waals surface area contributed by atoms with E-state index in [4.69, 9.17) is 9.47 Å². The van der Waals surface area contributed by atoms with Crippen LogP contribution in [0.1, 0.15) is 70.6 Å². The summed E-state index contributed by atoms with van der Waals surface area (Å²) in [5, 5.41) is 3.09. The van der Waals surface area contributed by atoms with Crippen molar-refractivity contribution in [3.05, 3.63) is 45.8 Å². The molecule has 0 aliphatic rings. The predicted molar refractivity (Wildman–Crippen MR) is 122 cm³/mol. The molecule has 0 bridgehead atoms. The lowest BCUT2D eigenvalue weighted by Gasteiger charge is -2.18. The van der Waals surface area contributed by atoms with Gasteiger partial charge in [0.15, 0.2) is 0 Å². The van der Waals surface area contributed by atoms with Gasteiger partial charge in [-0.25, -0.2) is 4.79 Å². The Balaban J connectivity index is 2.42. The van der Waals surface area contributed by atoms with Crippen LogP contribution >= 0.6 is 11.3 Å². The molecule has 2 amide bonds. The first-order valence-corrected chi connectivity index (χ1v) is 11.2. The number of rotatable bonds is 9. The normalized spacial score (nSPS) is 10.7. The zero-order valence-corrected chi connectivity index (χ0v) is 19.7. The smallest absolute Gasteiger partial charge is 0.341 e. The predicted octanol–water partition coefficient (Wildman–Crippen LogP) is 4.75. The minimum atomic E-state index is -0.568. The van der Waals surface area contributed by atoms with E-state index in [1.54, 1.807) is 43.0 Å². The van der Waals surface area contributed by atoms with Gasteiger partial charge < -0.3 is 19.7 Å². The highest BCUT2D eigenvalue weighted by atomic mass is 32.1. The molecule has 31 heavy (non-hydrogen) atoms. The summed E-state index contributed by atoms with van der Waals surface area (Å²) in [6.07, 6.45) is -0.0256. The first-order chi connectivity index (χ1) is 14.7. The third-order valence-electron chi connectivity index (χ3n) is 4.57. The molecule has 2 aromatic rings. The third-order valence-corrected chi connectivity index (χ3v) is 5.76. The van der Waals surface area contributed by atoms with E-state index in [2.05, 4.69) is 5.32 Å². The molecule has 1 aromatic heterocycles. The van der Waals surface area contributed by atoms with Gasteiger partial charge in [-0.2, -0.15) is 0 Å². The topological polar surface area (TPSA) is 84.9 Å². The monoisotopic (exact) mass is 446 g/mol. The van der Waals surface area contributed by atoms with Gasteiger partial charge in [0.25, 0.3) is 11.8 Å². The molecule has 0 saturated carbocycles. The standard InChI is InChI=1S/C23H30N2O5S/c1-7-25(8-2)22(27)19-15(6)18(23(28)29-9-3)21(31-19)24-20(26)16-11-10-12-17(13-16)30-14(4)5/h10-14H,7-9H2,1-6H3,(H,24,26). The molecule has 1 N–H and O–H groups in total. The molecule has 0 spiro atoms. The van der Waals surface area contributed by atoms with E-state index in [1.807, 2.05) is 27.7 Å². The quantitative estimate of drug-likeness (QED) is 0.562. The van der Waals surface area contributed by atoms with E-state index in [1.165, 1.54) is 0 Å². The zero-order valence-electron chi connectivity index (χ0n) is 18.9. The molecule has 0 aliphatic heterocycles. The van der Waals surface area contributed by atoms with Crippen LogP contribution in [0.5, 0.6) is 5.75 Å². The minimum absolute atomic E-state index is 0.0256. The molecular weight excluding hydrogens is 416 g/mol. The number of amides is 2. The van der Waals surface area contributed by atoms with E-state index in [9.17, 15) is 14.4 Å². The summed E-state index contributed by atoms with van der Waals surface area (Å²) in [6, 6.07) is 6.81. The summed E-state index contributed by atoms with van der Waals surface area (Å²) in [7, 11) is 0. The number of ether oxygens (including phenoxy) is 2. The molecule has 0 fully saturated rings. The molecule has 0 saturated heterocycles. The van der Waals surface area contributed by atoms with Gasteiger partial charge in [-0.3, -0.25) is 9.59 Å². The lowest BCUT2D eigenvalue weighted by molar-refractivity contribution is 0.0527. The fourth-order valence-electron chi connectivity index (χ4n) is 3.07. The van der Waals surface area contributed by atoms with Crippen molar-refractivity contribution in [1.29, 1.82) is 0 Å². The van der Waals surface area contributed by atoms with E-state index >= 15 is 0 Å². The van der Waals surface area contributed by atoms with Crippen LogP contribution in [-0.2, 0) is 4.74 Å². The number of nitrogens with one attached hydrogen (secondary N) is 1. The van der Waals surface area contributed by atoms with Crippen molar-refractivity contribution >= 4 is 34.1 Å². The number of benzene rings is 1. The Bertz CT molecular complexity index is 947. The van der Waals surface area contributed by atoms with Crippen molar-refractivity contribution in [2.45, 2.75) is 47.6 Å². The van der Waals surface area contributed by atoms with Crippen molar-refractivity contribution < 1.29 is 23.9 Å². The second-order valence-electron chi connectivity index (χ2n) is 7.11. The minimum Gasteiger partial charge on any atom is -0.491 e. The van der Waals surface area contributed by atoms with Crippen LogP contribution < -0.4 is 10.1 Å². The van der Waals surface area contributed by atoms with Gasteiger partial charge in [0.05, 0.1) is 23.2 Å². The second-order valence-corrected chi connectivity index (χ2v) is 8.13.